The first-order chi connectivity index (χ1) is 25.3. The molecule has 8 aromatic carbocycles. The Morgan fingerprint density at radius 1 is 0.333 bits per heavy atom. The Balaban J connectivity index is 1.20. The van der Waals surface area contributed by atoms with Crippen LogP contribution in [0.3, 0.4) is 0 Å². The van der Waals surface area contributed by atoms with Crippen molar-refractivity contribution in [3.05, 3.63) is 182 Å². The number of aromatic nitrogens is 2. The number of hydrogen-bond donors (Lipinski definition) is 0. The van der Waals surface area contributed by atoms with E-state index in [-0.39, 0.29) is 0 Å². The molecule has 238 valence electrons. The van der Waals surface area contributed by atoms with Crippen molar-refractivity contribution in [2.75, 3.05) is 0 Å². The van der Waals surface area contributed by atoms with E-state index in [0.717, 1.165) is 44.3 Å². The Labute approximate surface area is 293 Å². The van der Waals surface area contributed by atoms with Crippen LogP contribution in [0.25, 0.3) is 99.2 Å². The Morgan fingerprint density at radius 2 is 0.922 bits per heavy atom. The molecule has 3 heterocycles. The molecule has 3 heteroatoms. The standard InChI is InChI=1S/C48H30N2O/c1-3-14-31(15-4-1)39-30-46-41(35-19-7-10-22-42(35)49(46)33-16-5-2-6-17-33)29-38(39)32-26-27-44-40(28-32)34-18-8-11-23-43(34)50(44)45-24-13-21-37-36-20-9-12-25-47(36)51-48(37)45/h1-30H. The van der Waals surface area contributed by atoms with Gasteiger partial charge in [-0.2, -0.15) is 0 Å². The van der Waals surface area contributed by atoms with Crippen LogP contribution in [-0.4, -0.2) is 9.13 Å². The molecule has 0 saturated heterocycles. The average molecular weight is 651 g/mol. The fraction of sp³-hybridized carbons (Fsp3) is 0. The van der Waals surface area contributed by atoms with E-state index in [1.807, 2.05) is 6.07 Å². The maximum atomic E-state index is 6.55. The van der Waals surface area contributed by atoms with E-state index in [4.69, 9.17) is 4.42 Å². The molecular weight excluding hydrogens is 621 g/mol. The van der Waals surface area contributed by atoms with E-state index in [1.54, 1.807) is 0 Å². The van der Waals surface area contributed by atoms with Crippen LogP contribution in [0, 0.1) is 0 Å². The lowest BCUT2D eigenvalue weighted by molar-refractivity contribution is 0.666. The number of fused-ring (bicyclic) bond motifs is 9. The molecule has 0 aliphatic heterocycles. The minimum atomic E-state index is 0.900. The van der Waals surface area contributed by atoms with Crippen LogP contribution in [0.2, 0.25) is 0 Å². The van der Waals surface area contributed by atoms with Gasteiger partial charge < -0.3 is 13.6 Å². The summed E-state index contributed by atoms with van der Waals surface area (Å²) in [6.07, 6.45) is 0. The zero-order chi connectivity index (χ0) is 33.5. The highest BCUT2D eigenvalue weighted by atomic mass is 16.3. The molecule has 0 N–H and O–H groups in total. The van der Waals surface area contributed by atoms with Crippen molar-refractivity contribution in [3.63, 3.8) is 0 Å². The number of rotatable bonds is 4. The van der Waals surface area contributed by atoms with Crippen LogP contribution in [0.5, 0.6) is 0 Å². The molecule has 0 saturated carbocycles. The van der Waals surface area contributed by atoms with Gasteiger partial charge in [-0.15, -0.1) is 0 Å². The van der Waals surface area contributed by atoms with Crippen LogP contribution in [0.4, 0.5) is 0 Å². The predicted octanol–water partition coefficient (Wildman–Crippen LogP) is 13.1. The summed E-state index contributed by atoms with van der Waals surface area (Å²) in [6, 6.07) is 65.5. The van der Waals surface area contributed by atoms with Crippen molar-refractivity contribution in [2.24, 2.45) is 0 Å². The van der Waals surface area contributed by atoms with E-state index in [9.17, 15) is 0 Å². The summed E-state index contributed by atoms with van der Waals surface area (Å²) in [5, 5.41) is 7.17. The molecule has 51 heavy (non-hydrogen) atoms. The molecule has 0 bridgehead atoms. The first-order valence-corrected chi connectivity index (χ1v) is 17.4. The Kier molecular flexibility index (Phi) is 5.96. The van der Waals surface area contributed by atoms with Crippen molar-refractivity contribution in [1.29, 1.82) is 0 Å². The highest BCUT2D eigenvalue weighted by Crippen LogP contribution is 2.43. The second-order valence-corrected chi connectivity index (χ2v) is 13.3. The monoisotopic (exact) mass is 650 g/mol. The molecule has 0 spiro atoms. The van der Waals surface area contributed by atoms with Crippen molar-refractivity contribution in [3.8, 4) is 33.6 Å². The summed E-state index contributed by atoms with van der Waals surface area (Å²) in [4.78, 5) is 0. The molecule has 11 rings (SSSR count). The van der Waals surface area contributed by atoms with Gasteiger partial charge in [-0.05, 0) is 82.9 Å². The number of para-hydroxylation sites is 5. The van der Waals surface area contributed by atoms with Gasteiger partial charge in [0.15, 0.2) is 5.58 Å². The quantitative estimate of drug-likeness (QED) is 0.186. The predicted molar refractivity (Wildman–Crippen MR) is 213 cm³/mol. The molecule has 0 aliphatic carbocycles. The third-order valence-corrected chi connectivity index (χ3v) is 10.5. The third-order valence-electron chi connectivity index (χ3n) is 10.5. The minimum Gasteiger partial charge on any atom is -0.454 e. The lowest BCUT2D eigenvalue weighted by Crippen LogP contribution is -1.95. The van der Waals surface area contributed by atoms with Crippen molar-refractivity contribution in [2.45, 2.75) is 0 Å². The van der Waals surface area contributed by atoms with Gasteiger partial charge in [0.2, 0.25) is 0 Å². The maximum absolute atomic E-state index is 6.55. The van der Waals surface area contributed by atoms with Crippen LogP contribution in [0.15, 0.2) is 186 Å². The Hall–Kier alpha value is -6.84. The van der Waals surface area contributed by atoms with Crippen LogP contribution in [-0.2, 0) is 0 Å². The molecule has 0 atom stereocenters. The highest BCUT2D eigenvalue weighted by Gasteiger charge is 2.20. The van der Waals surface area contributed by atoms with Gasteiger partial charge in [0.05, 0.1) is 27.8 Å². The first-order valence-electron chi connectivity index (χ1n) is 17.4. The maximum Gasteiger partial charge on any atom is 0.159 e. The van der Waals surface area contributed by atoms with E-state index in [2.05, 4.69) is 185 Å². The summed E-state index contributed by atoms with van der Waals surface area (Å²) in [6.45, 7) is 0. The lowest BCUT2D eigenvalue weighted by Gasteiger charge is -2.14. The highest BCUT2D eigenvalue weighted by molar-refractivity contribution is 6.15. The normalized spacial score (nSPS) is 11.9. The summed E-state index contributed by atoms with van der Waals surface area (Å²) in [5.74, 6) is 0. The Bertz CT molecular complexity index is 3130. The van der Waals surface area contributed by atoms with Crippen LogP contribution >= 0.6 is 0 Å². The third kappa shape index (κ3) is 4.12. The summed E-state index contributed by atoms with van der Waals surface area (Å²) < 4.78 is 11.3. The van der Waals surface area contributed by atoms with Gasteiger partial charge in [-0.1, -0.05) is 121 Å². The largest absolute Gasteiger partial charge is 0.454 e. The van der Waals surface area contributed by atoms with Gasteiger partial charge in [0.25, 0.3) is 0 Å². The van der Waals surface area contributed by atoms with Crippen LogP contribution in [0.1, 0.15) is 0 Å². The number of furan rings is 1. The molecule has 0 unspecified atom stereocenters. The number of benzene rings is 8. The van der Waals surface area contributed by atoms with Crippen molar-refractivity contribution < 1.29 is 4.42 Å². The van der Waals surface area contributed by atoms with E-state index in [0.29, 0.717) is 0 Å². The number of hydrogen-bond acceptors (Lipinski definition) is 1. The molecule has 11 aromatic rings. The van der Waals surface area contributed by atoms with Gasteiger partial charge in [-0.25, -0.2) is 0 Å². The zero-order valence-corrected chi connectivity index (χ0v) is 27.6. The smallest absolute Gasteiger partial charge is 0.159 e. The van der Waals surface area contributed by atoms with E-state index in [1.165, 1.54) is 54.8 Å². The second kappa shape index (κ2) is 10.8. The van der Waals surface area contributed by atoms with Crippen molar-refractivity contribution >= 4 is 65.6 Å². The molecule has 0 radical (unpaired) electrons. The summed E-state index contributed by atoms with van der Waals surface area (Å²) >= 11 is 0. The van der Waals surface area contributed by atoms with Gasteiger partial charge in [-0.3, -0.25) is 0 Å². The average Bonchev–Trinajstić information content (AvgIpc) is 3.85. The SMILES string of the molecule is c1ccc(-c2cc3c(cc2-c2ccc4c(c2)c2ccccc2n4-c2cccc4c2oc2ccccc24)c2ccccc2n3-c2ccccc2)cc1. The molecule has 0 amide bonds. The molecule has 3 aromatic heterocycles. The lowest BCUT2D eigenvalue weighted by atomic mass is 9.92. The van der Waals surface area contributed by atoms with Gasteiger partial charge in [0, 0.05) is 38.0 Å². The molecule has 3 nitrogen and oxygen atoms in total. The Morgan fingerprint density at radius 3 is 1.71 bits per heavy atom. The van der Waals surface area contributed by atoms with Crippen molar-refractivity contribution in [1.82, 2.24) is 9.13 Å². The first kappa shape index (κ1) is 28.0. The molecule has 0 fully saturated rings. The summed E-state index contributed by atoms with van der Waals surface area (Å²) in [5.41, 5.74) is 13.5. The van der Waals surface area contributed by atoms with Gasteiger partial charge >= 0.3 is 0 Å². The topological polar surface area (TPSA) is 23.0 Å². The molecular formula is C48H30N2O. The zero-order valence-electron chi connectivity index (χ0n) is 27.6. The fourth-order valence-electron chi connectivity index (χ4n) is 8.27. The minimum absolute atomic E-state index is 0.900. The van der Waals surface area contributed by atoms with Gasteiger partial charge in [0.1, 0.15) is 5.58 Å². The second-order valence-electron chi connectivity index (χ2n) is 13.3. The summed E-state index contributed by atoms with van der Waals surface area (Å²) in [7, 11) is 0. The van der Waals surface area contributed by atoms with E-state index < -0.39 is 0 Å². The fourth-order valence-corrected chi connectivity index (χ4v) is 8.27. The van der Waals surface area contributed by atoms with E-state index >= 15 is 0 Å². The number of nitrogens with zero attached hydrogens (tertiary/aromatic N) is 2. The molecule has 0 aliphatic rings. The van der Waals surface area contributed by atoms with Crippen LogP contribution < -0.4 is 0 Å².